The highest BCUT2D eigenvalue weighted by Gasteiger charge is 2.25. The normalized spacial score (nSPS) is 15.2. The molecule has 1 fully saturated rings. The van der Waals surface area contributed by atoms with Crippen LogP contribution in [0.4, 0.5) is 0 Å². The van der Waals surface area contributed by atoms with E-state index in [-0.39, 0.29) is 0 Å². The van der Waals surface area contributed by atoms with Crippen LogP contribution in [0.15, 0.2) is 36.9 Å². The highest BCUT2D eigenvalue weighted by Crippen LogP contribution is 2.24. The van der Waals surface area contributed by atoms with E-state index >= 15 is 0 Å². The van der Waals surface area contributed by atoms with Gasteiger partial charge in [0.1, 0.15) is 0 Å². The van der Waals surface area contributed by atoms with Crippen LogP contribution in [0.5, 0.6) is 0 Å². The molecule has 0 bridgehead atoms. The molecule has 1 saturated carbocycles. The van der Waals surface area contributed by atoms with Gasteiger partial charge in [-0.2, -0.15) is 0 Å². The Morgan fingerprint density at radius 1 is 1.35 bits per heavy atom. The van der Waals surface area contributed by atoms with Crippen LogP contribution < -0.4 is 5.32 Å². The molecule has 0 unspecified atom stereocenters. The lowest BCUT2D eigenvalue weighted by molar-refractivity contribution is 0.324. The zero-order valence-electron chi connectivity index (χ0n) is 10.7. The average molecular weight is 230 g/mol. The first-order valence-corrected chi connectivity index (χ1v) is 6.41. The maximum atomic E-state index is 4.11. The van der Waals surface area contributed by atoms with Crippen LogP contribution in [0.1, 0.15) is 18.4 Å². The standard InChI is InChI=1S/C15H22N2/c1-13(14-6-4-3-5-7-14)12-16-10-11-17(2)15-8-9-15/h3-7,15-16H,1,8-12H2,2H3. The van der Waals surface area contributed by atoms with Crippen molar-refractivity contribution in [2.45, 2.75) is 18.9 Å². The summed E-state index contributed by atoms with van der Waals surface area (Å²) in [4.78, 5) is 2.44. The predicted octanol–water partition coefficient (Wildman–Crippen LogP) is 2.38. The molecule has 0 heterocycles. The van der Waals surface area contributed by atoms with E-state index in [9.17, 15) is 0 Å². The third-order valence-corrected chi connectivity index (χ3v) is 3.33. The lowest BCUT2D eigenvalue weighted by atomic mass is 10.1. The summed E-state index contributed by atoms with van der Waals surface area (Å²) in [6, 6.07) is 11.2. The topological polar surface area (TPSA) is 15.3 Å². The molecule has 0 saturated heterocycles. The van der Waals surface area contributed by atoms with Gasteiger partial charge in [-0.15, -0.1) is 0 Å². The summed E-state index contributed by atoms with van der Waals surface area (Å²) in [7, 11) is 2.21. The minimum atomic E-state index is 0.856. The monoisotopic (exact) mass is 230 g/mol. The zero-order valence-corrected chi connectivity index (χ0v) is 10.7. The number of hydrogen-bond acceptors (Lipinski definition) is 2. The van der Waals surface area contributed by atoms with Gasteiger partial charge in [0.15, 0.2) is 0 Å². The molecule has 1 N–H and O–H groups in total. The van der Waals surface area contributed by atoms with E-state index in [4.69, 9.17) is 0 Å². The van der Waals surface area contributed by atoms with Crippen molar-refractivity contribution in [2.75, 3.05) is 26.7 Å². The van der Waals surface area contributed by atoms with Crippen molar-refractivity contribution < 1.29 is 0 Å². The molecule has 2 heteroatoms. The van der Waals surface area contributed by atoms with Crippen molar-refractivity contribution in [1.29, 1.82) is 0 Å². The summed E-state index contributed by atoms with van der Waals surface area (Å²) in [6.07, 6.45) is 2.76. The minimum absolute atomic E-state index is 0.856. The van der Waals surface area contributed by atoms with E-state index < -0.39 is 0 Å². The first-order chi connectivity index (χ1) is 8.27. The highest BCUT2D eigenvalue weighted by atomic mass is 15.2. The molecule has 1 aromatic rings. The van der Waals surface area contributed by atoms with Gasteiger partial charge in [-0.1, -0.05) is 36.9 Å². The van der Waals surface area contributed by atoms with E-state index in [1.807, 2.05) is 6.07 Å². The lowest BCUT2D eigenvalue weighted by Crippen LogP contribution is -2.31. The number of nitrogens with one attached hydrogen (secondary N) is 1. The third kappa shape index (κ3) is 3.99. The van der Waals surface area contributed by atoms with Crippen LogP contribution in [-0.4, -0.2) is 37.6 Å². The number of nitrogens with zero attached hydrogens (tertiary/aromatic N) is 1. The molecule has 0 radical (unpaired) electrons. The predicted molar refractivity (Wildman–Crippen MR) is 74.0 cm³/mol. The van der Waals surface area contributed by atoms with E-state index in [0.717, 1.165) is 25.7 Å². The van der Waals surface area contributed by atoms with Crippen LogP contribution in [0, 0.1) is 0 Å². The van der Waals surface area contributed by atoms with Gasteiger partial charge < -0.3 is 10.2 Å². The first-order valence-electron chi connectivity index (χ1n) is 6.41. The lowest BCUT2D eigenvalue weighted by Gasteiger charge is -2.16. The quantitative estimate of drug-likeness (QED) is 0.724. The van der Waals surface area contributed by atoms with Crippen LogP contribution in [0.25, 0.3) is 5.57 Å². The maximum absolute atomic E-state index is 4.11. The number of benzene rings is 1. The largest absolute Gasteiger partial charge is 0.311 e. The van der Waals surface area contributed by atoms with Crippen molar-refractivity contribution in [1.82, 2.24) is 10.2 Å². The maximum Gasteiger partial charge on any atom is 0.0206 e. The Bertz CT molecular complexity index is 354. The van der Waals surface area contributed by atoms with Gasteiger partial charge >= 0.3 is 0 Å². The Morgan fingerprint density at radius 3 is 2.71 bits per heavy atom. The Hall–Kier alpha value is -1.12. The van der Waals surface area contributed by atoms with E-state index in [0.29, 0.717) is 0 Å². The fourth-order valence-electron chi connectivity index (χ4n) is 1.97. The molecule has 0 aromatic heterocycles. The summed E-state index contributed by atoms with van der Waals surface area (Å²) in [5.74, 6) is 0. The molecular weight excluding hydrogens is 208 g/mol. The summed E-state index contributed by atoms with van der Waals surface area (Å²) >= 11 is 0. The van der Waals surface area contributed by atoms with Gasteiger partial charge in [-0.05, 0) is 31.0 Å². The van der Waals surface area contributed by atoms with Crippen LogP contribution in [0.2, 0.25) is 0 Å². The molecule has 0 aliphatic heterocycles. The highest BCUT2D eigenvalue weighted by molar-refractivity contribution is 5.64. The Labute approximate surface area is 104 Å². The molecule has 2 rings (SSSR count). The van der Waals surface area contributed by atoms with Crippen LogP contribution in [-0.2, 0) is 0 Å². The Kier molecular flexibility index (Phi) is 4.35. The molecule has 1 aliphatic carbocycles. The van der Waals surface area contributed by atoms with Gasteiger partial charge in [0, 0.05) is 25.7 Å². The van der Waals surface area contributed by atoms with Crippen LogP contribution >= 0.6 is 0 Å². The SMILES string of the molecule is C=C(CNCCN(C)C1CC1)c1ccccc1. The van der Waals surface area contributed by atoms with E-state index in [2.05, 4.69) is 48.1 Å². The minimum Gasteiger partial charge on any atom is -0.311 e. The molecular formula is C15H22N2. The van der Waals surface area contributed by atoms with Crippen LogP contribution in [0.3, 0.4) is 0 Å². The summed E-state index contributed by atoms with van der Waals surface area (Å²) < 4.78 is 0. The third-order valence-electron chi connectivity index (χ3n) is 3.33. The van der Waals surface area contributed by atoms with Gasteiger partial charge in [-0.25, -0.2) is 0 Å². The second kappa shape index (κ2) is 5.99. The molecule has 0 atom stereocenters. The molecule has 17 heavy (non-hydrogen) atoms. The van der Waals surface area contributed by atoms with Gasteiger partial charge in [0.05, 0.1) is 0 Å². The molecule has 2 nitrogen and oxygen atoms in total. The fourth-order valence-corrected chi connectivity index (χ4v) is 1.97. The summed E-state index contributed by atoms with van der Waals surface area (Å²) in [6.45, 7) is 7.16. The van der Waals surface area contributed by atoms with Crippen molar-refractivity contribution in [2.24, 2.45) is 0 Å². The first kappa shape index (κ1) is 12.3. The molecule has 0 spiro atoms. The molecule has 1 aliphatic rings. The zero-order chi connectivity index (χ0) is 12.1. The second-order valence-corrected chi connectivity index (χ2v) is 4.86. The fraction of sp³-hybridized carbons (Fsp3) is 0.467. The van der Waals surface area contributed by atoms with Crippen molar-refractivity contribution in [3.8, 4) is 0 Å². The Balaban J connectivity index is 1.63. The van der Waals surface area contributed by atoms with Gasteiger partial charge in [0.25, 0.3) is 0 Å². The van der Waals surface area contributed by atoms with Gasteiger partial charge in [0.2, 0.25) is 0 Å². The number of likely N-dealkylation sites (N-methyl/N-ethyl adjacent to an activating group) is 1. The molecule has 1 aromatic carbocycles. The number of rotatable bonds is 7. The summed E-state index contributed by atoms with van der Waals surface area (Å²) in [5, 5.41) is 3.46. The smallest absolute Gasteiger partial charge is 0.0206 e. The second-order valence-electron chi connectivity index (χ2n) is 4.86. The molecule has 92 valence electrons. The molecule has 0 amide bonds. The van der Waals surface area contributed by atoms with E-state index in [1.165, 1.54) is 24.0 Å². The Morgan fingerprint density at radius 2 is 2.06 bits per heavy atom. The summed E-state index contributed by atoms with van der Waals surface area (Å²) in [5.41, 5.74) is 2.40. The van der Waals surface area contributed by atoms with Crippen molar-refractivity contribution in [3.05, 3.63) is 42.5 Å². The van der Waals surface area contributed by atoms with E-state index in [1.54, 1.807) is 0 Å². The van der Waals surface area contributed by atoms with Crippen molar-refractivity contribution in [3.63, 3.8) is 0 Å². The van der Waals surface area contributed by atoms with Gasteiger partial charge in [-0.3, -0.25) is 0 Å². The number of hydrogen-bond donors (Lipinski definition) is 1. The van der Waals surface area contributed by atoms with Crippen molar-refractivity contribution >= 4 is 5.57 Å². The average Bonchev–Trinajstić information content (AvgIpc) is 3.19.